The number of halogens is 2. The highest BCUT2D eigenvalue weighted by molar-refractivity contribution is 6.31. The fraction of sp³-hybridized carbons (Fsp3) is 0.391. The summed E-state index contributed by atoms with van der Waals surface area (Å²) in [6, 6.07) is 14.0. The Kier molecular flexibility index (Phi) is 8.99. The number of nitrogens with zero attached hydrogens (tertiary/aromatic N) is 1. The van der Waals surface area contributed by atoms with Gasteiger partial charge in [0.1, 0.15) is 6.04 Å². The minimum absolute atomic E-state index is 0.140. The lowest BCUT2D eigenvalue weighted by Crippen LogP contribution is -2.50. The van der Waals surface area contributed by atoms with Gasteiger partial charge in [-0.1, -0.05) is 74.3 Å². The molecule has 0 aromatic heterocycles. The maximum absolute atomic E-state index is 13.2. The van der Waals surface area contributed by atoms with Gasteiger partial charge in [-0.25, -0.2) is 0 Å². The Bertz CT molecular complexity index is 839. The zero-order valence-electron chi connectivity index (χ0n) is 17.1. The molecule has 2 amide bonds. The predicted octanol–water partition coefficient (Wildman–Crippen LogP) is 5.12. The van der Waals surface area contributed by atoms with E-state index in [0.717, 1.165) is 11.1 Å². The van der Waals surface area contributed by atoms with Gasteiger partial charge in [-0.15, -0.1) is 0 Å². The molecule has 1 N–H and O–H groups in total. The Morgan fingerprint density at radius 3 is 2.41 bits per heavy atom. The molecule has 0 spiro atoms. The molecular formula is C23H28Cl2N2O2. The third-order valence-electron chi connectivity index (χ3n) is 4.61. The first-order valence-electron chi connectivity index (χ1n) is 9.86. The van der Waals surface area contributed by atoms with Crippen LogP contribution < -0.4 is 5.32 Å². The second-order valence-corrected chi connectivity index (χ2v) is 8.33. The van der Waals surface area contributed by atoms with Gasteiger partial charge in [-0.3, -0.25) is 9.59 Å². The molecule has 0 bridgehead atoms. The number of carbonyl (C=O) groups excluding carboxylic acids is 2. The highest BCUT2D eigenvalue weighted by Crippen LogP contribution is 2.21. The third kappa shape index (κ3) is 7.06. The van der Waals surface area contributed by atoms with Crippen molar-refractivity contribution in [3.8, 4) is 0 Å². The minimum atomic E-state index is -0.572. The van der Waals surface area contributed by atoms with Crippen LogP contribution in [0.2, 0.25) is 10.0 Å². The van der Waals surface area contributed by atoms with Crippen molar-refractivity contribution in [2.75, 3.05) is 6.54 Å². The molecule has 0 saturated heterocycles. The van der Waals surface area contributed by atoms with Crippen molar-refractivity contribution in [1.82, 2.24) is 10.2 Å². The van der Waals surface area contributed by atoms with Crippen molar-refractivity contribution in [1.29, 1.82) is 0 Å². The maximum atomic E-state index is 13.2. The van der Waals surface area contributed by atoms with Crippen molar-refractivity contribution in [2.24, 2.45) is 5.92 Å². The van der Waals surface area contributed by atoms with Crippen molar-refractivity contribution < 1.29 is 9.59 Å². The second kappa shape index (κ2) is 11.2. The van der Waals surface area contributed by atoms with Crippen LogP contribution in [0, 0.1) is 5.92 Å². The summed E-state index contributed by atoms with van der Waals surface area (Å²) in [7, 11) is 0. The normalized spacial score (nSPS) is 11.9. The maximum Gasteiger partial charge on any atom is 0.242 e. The summed E-state index contributed by atoms with van der Waals surface area (Å²) >= 11 is 12.4. The minimum Gasteiger partial charge on any atom is -0.354 e. The summed E-state index contributed by atoms with van der Waals surface area (Å²) in [5.41, 5.74) is 1.62. The molecule has 0 aliphatic carbocycles. The average Bonchev–Trinajstić information content (AvgIpc) is 2.67. The van der Waals surface area contributed by atoms with Crippen molar-refractivity contribution in [2.45, 2.75) is 46.2 Å². The molecule has 0 radical (unpaired) electrons. The number of hydrogen-bond donors (Lipinski definition) is 1. The predicted molar refractivity (Wildman–Crippen MR) is 119 cm³/mol. The third-order valence-corrected chi connectivity index (χ3v) is 5.22. The van der Waals surface area contributed by atoms with Gasteiger partial charge in [0.15, 0.2) is 0 Å². The van der Waals surface area contributed by atoms with Crippen LogP contribution in [0.25, 0.3) is 0 Å². The molecule has 0 aliphatic rings. The van der Waals surface area contributed by atoms with Crippen LogP contribution in [0.15, 0.2) is 48.5 Å². The first-order chi connectivity index (χ1) is 13.8. The van der Waals surface area contributed by atoms with Crippen LogP contribution in [-0.2, 0) is 22.6 Å². The lowest BCUT2D eigenvalue weighted by atomic mass is 10.1. The highest BCUT2D eigenvalue weighted by Gasteiger charge is 2.29. The lowest BCUT2D eigenvalue weighted by molar-refractivity contribution is -0.141. The molecule has 29 heavy (non-hydrogen) atoms. The Hall–Kier alpha value is -2.04. The molecule has 0 fully saturated rings. The summed E-state index contributed by atoms with van der Waals surface area (Å²) in [5, 5.41) is 4.11. The van der Waals surface area contributed by atoms with Crippen LogP contribution >= 0.6 is 23.2 Å². The molecular weight excluding hydrogens is 407 g/mol. The number of amides is 2. The topological polar surface area (TPSA) is 49.4 Å². The summed E-state index contributed by atoms with van der Waals surface area (Å²) in [6.45, 7) is 6.82. The molecule has 2 rings (SSSR count). The molecule has 156 valence electrons. The standard InChI is InChI=1S/C23H28Cl2N2O2/c1-4-21(23(29)26-14-16(2)3)27(15-18-9-5-6-11-20(18)25)22(28)13-17-8-7-10-19(24)12-17/h5-12,16,21H,4,13-15H2,1-3H3,(H,26,29)/t21-/m0/s1. The summed E-state index contributed by atoms with van der Waals surface area (Å²) in [6.07, 6.45) is 0.675. The van der Waals surface area contributed by atoms with Gasteiger partial charge < -0.3 is 10.2 Å². The Balaban J connectivity index is 2.29. The lowest BCUT2D eigenvalue weighted by Gasteiger charge is -2.31. The first kappa shape index (κ1) is 23.2. The fourth-order valence-electron chi connectivity index (χ4n) is 3.08. The second-order valence-electron chi connectivity index (χ2n) is 7.48. The number of hydrogen-bond acceptors (Lipinski definition) is 2. The largest absolute Gasteiger partial charge is 0.354 e. The molecule has 2 aromatic carbocycles. The van der Waals surface area contributed by atoms with Crippen LogP contribution in [0.5, 0.6) is 0 Å². The van der Waals surface area contributed by atoms with Crippen LogP contribution in [0.3, 0.4) is 0 Å². The van der Waals surface area contributed by atoms with Crippen LogP contribution in [0.4, 0.5) is 0 Å². The number of carbonyl (C=O) groups is 2. The summed E-state index contributed by atoms with van der Waals surface area (Å²) < 4.78 is 0. The van der Waals surface area contributed by atoms with E-state index in [-0.39, 0.29) is 24.8 Å². The summed E-state index contributed by atoms with van der Waals surface area (Å²) in [5.74, 6) is 0.0436. The average molecular weight is 435 g/mol. The van der Waals surface area contributed by atoms with E-state index in [9.17, 15) is 9.59 Å². The van der Waals surface area contributed by atoms with E-state index in [1.54, 1.807) is 23.1 Å². The van der Waals surface area contributed by atoms with E-state index >= 15 is 0 Å². The summed E-state index contributed by atoms with van der Waals surface area (Å²) in [4.78, 5) is 27.7. The van der Waals surface area contributed by atoms with E-state index in [1.807, 2.05) is 51.1 Å². The molecule has 0 saturated carbocycles. The first-order valence-corrected chi connectivity index (χ1v) is 10.6. The Labute approximate surface area is 183 Å². The SMILES string of the molecule is CC[C@@H](C(=O)NCC(C)C)N(Cc1ccccc1Cl)C(=O)Cc1cccc(Cl)c1. The molecule has 6 heteroatoms. The molecule has 1 atom stereocenters. The van der Waals surface area contributed by atoms with E-state index < -0.39 is 6.04 Å². The highest BCUT2D eigenvalue weighted by atomic mass is 35.5. The van der Waals surface area contributed by atoms with E-state index in [1.165, 1.54) is 0 Å². The van der Waals surface area contributed by atoms with Crippen molar-refractivity contribution in [3.05, 3.63) is 69.7 Å². The fourth-order valence-corrected chi connectivity index (χ4v) is 3.48. The molecule has 4 nitrogen and oxygen atoms in total. The van der Waals surface area contributed by atoms with Crippen LogP contribution in [0.1, 0.15) is 38.3 Å². The van der Waals surface area contributed by atoms with Gasteiger partial charge in [0, 0.05) is 23.1 Å². The zero-order chi connectivity index (χ0) is 21.4. The number of nitrogens with one attached hydrogen (secondary N) is 1. The molecule has 0 unspecified atom stereocenters. The Morgan fingerprint density at radius 1 is 1.07 bits per heavy atom. The van der Waals surface area contributed by atoms with E-state index in [2.05, 4.69) is 5.32 Å². The Morgan fingerprint density at radius 2 is 1.79 bits per heavy atom. The van der Waals surface area contributed by atoms with E-state index in [0.29, 0.717) is 28.9 Å². The quantitative estimate of drug-likeness (QED) is 0.595. The number of rotatable bonds is 9. The van der Waals surface area contributed by atoms with Gasteiger partial charge in [0.2, 0.25) is 11.8 Å². The zero-order valence-corrected chi connectivity index (χ0v) is 18.6. The molecule has 2 aromatic rings. The van der Waals surface area contributed by atoms with Gasteiger partial charge in [-0.2, -0.15) is 0 Å². The smallest absolute Gasteiger partial charge is 0.242 e. The van der Waals surface area contributed by atoms with Gasteiger partial charge in [-0.05, 0) is 41.7 Å². The van der Waals surface area contributed by atoms with Gasteiger partial charge in [0.05, 0.1) is 6.42 Å². The molecule has 0 aliphatic heterocycles. The van der Waals surface area contributed by atoms with Gasteiger partial charge in [0.25, 0.3) is 0 Å². The van der Waals surface area contributed by atoms with Crippen molar-refractivity contribution >= 4 is 35.0 Å². The number of benzene rings is 2. The monoisotopic (exact) mass is 434 g/mol. The van der Waals surface area contributed by atoms with E-state index in [4.69, 9.17) is 23.2 Å². The van der Waals surface area contributed by atoms with Crippen LogP contribution in [-0.4, -0.2) is 29.3 Å². The van der Waals surface area contributed by atoms with Crippen molar-refractivity contribution in [3.63, 3.8) is 0 Å². The van der Waals surface area contributed by atoms with Gasteiger partial charge >= 0.3 is 0 Å². The molecule has 0 heterocycles.